The van der Waals surface area contributed by atoms with Gasteiger partial charge in [-0.15, -0.1) is 0 Å². The van der Waals surface area contributed by atoms with Crippen LogP contribution in [0.4, 0.5) is 11.9 Å². The van der Waals surface area contributed by atoms with Crippen LogP contribution in [0, 0.1) is 0 Å². The van der Waals surface area contributed by atoms with E-state index in [1.807, 2.05) is 4.90 Å². The summed E-state index contributed by atoms with van der Waals surface area (Å²) in [5.41, 5.74) is 1.60. The number of aliphatic hydroxyl groups is 1. The number of rotatable bonds is 4. The maximum absolute atomic E-state index is 11.9. The Kier molecular flexibility index (Phi) is 3.61. The van der Waals surface area contributed by atoms with Gasteiger partial charge >= 0.3 is 0 Å². The average molecular weight is 369 g/mol. The summed E-state index contributed by atoms with van der Waals surface area (Å²) in [5.74, 6) is 0.428. The van der Waals surface area contributed by atoms with E-state index in [1.54, 1.807) is 16.8 Å². The Balaban J connectivity index is 1.59. The first kappa shape index (κ1) is 16.2. The van der Waals surface area contributed by atoms with Gasteiger partial charge in [-0.1, -0.05) is 0 Å². The Bertz CT molecular complexity index is 978. The molecule has 4 heterocycles. The number of anilines is 2. The average Bonchev–Trinajstić information content (AvgIpc) is 3.04. The standard InChI is InChI=1S/C17H19N7O3/c25-12-3-4-23(8-12)16-21-14-10(5-9-6-13(26)20-15(9)27)7-18-24(14)17(22-16)19-11-1-2-11/h5,7,11-12,25H,1-4,6,8H2,(H,19,21,22)(H,20,26,27)/b9-5+/t12-/m0/s1. The summed E-state index contributed by atoms with van der Waals surface area (Å²) in [7, 11) is 0. The van der Waals surface area contributed by atoms with Crippen LogP contribution in [0.3, 0.4) is 0 Å². The number of β-amino-alcohol motifs (C(OH)–C–C–N with tert-alkyl or cyclic N) is 1. The van der Waals surface area contributed by atoms with Crippen molar-refractivity contribution in [2.24, 2.45) is 0 Å². The highest BCUT2D eigenvalue weighted by atomic mass is 16.3. The van der Waals surface area contributed by atoms with E-state index in [4.69, 9.17) is 0 Å². The van der Waals surface area contributed by atoms with Crippen LogP contribution in [0.15, 0.2) is 11.8 Å². The highest BCUT2D eigenvalue weighted by molar-refractivity contribution is 6.15. The molecule has 5 rings (SSSR count). The molecule has 27 heavy (non-hydrogen) atoms. The van der Waals surface area contributed by atoms with E-state index in [2.05, 4.69) is 25.7 Å². The van der Waals surface area contributed by atoms with Crippen LogP contribution in [0.1, 0.15) is 31.2 Å². The zero-order chi connectivity index (χ0) is 18.5. The molecule has 1 saturated carbocycles. The van der Waals surface area contributed by atoms with E-state index >= 15 is 0 Å². The number of aliphatic hydroxyl groups excluding tert-OH is 1. The lowest BCUT2D eigenvalue weighted by molar-refractivity contribution is -0.124. The topological polar surface area (TPSA) is 125 Å². The van der Waals surface area contributed by atoms with Crippen molar-refractivity contribution in [3.8, 4) is 0 Å². The first-order chi connectivity index (χ1) is 13.1. The zero-order valence-electron chi connectivity index (χ0n) is 14.6. The van der Waals surface area contributed by atoms with Gasteiger partial charge in [-0.2, -0.15) is 19.6 Å². The van der Waals surface area contributed by atoms with Gasteiger partial charge in [0.05, 0.1) is 18.7 Å². The summed E-state index contributed by atoms with van der Waals surface area (Å²) in [6, 6.07) is 0.379. The molecule has 3 aliphatic rings. The van der Waals surface area contributed by atoms with Crippen molar-refractivity contribution >= 4 is 35.4 Å². The second-order valence-electron chi connectivity index (χ2n) is 7.21. The van der Waals surface area contributed by atoms with Crippen molar-refractivity contribution in [1.29, 1.82) is 0 Å². The van der Waals surface area contributed by atoms with Crippen LogP contribution in [-0.2, 0) is 9.59 Å². The normalized spacial score (nSPS) is 24.3. The van der Waals surface area contributed by atoms with Gasteiger partial charge in [-0.3, -0.25) is 14.9 Å². The van der Waals surface area contributed by atoms with Crippen LogP contribution >= 0.6 is 0 Å². The zero-order valence-corrected chi connectivity index (χ0v) is 14.6. The molecular formula is C17H19N7O3. The molecule has 2 aromatic rings. The van der Waals surface area contributed by atoms with Gasteiger partial charge in [0.2, 0.25) is 17.8 Å². The summed E-state index contributed by atoms with van der Waals surface area (Å²) < 4.78 is 1.62. The van der Waals surface area contributed by atoms with Crippen molar-refractivity contribution < 1.29 is 14.7 Å². The van der Waals surface area contributed by atoms with E-state index in [0.717, 1.165) is 12.8 Å². The summed E-state index contributed by atoms with van der Waals surface area (Å²) in [4.78, 5) is 34.5. The molecular weight excluding hydrogens is 350 g/mol. The lowest BCUT2D eigenvalue weighted by Crippen LogP contribution is -2.25. The number of amides is 2. The van der Waals surface area contributed by atoms with Crippen molar-refractivity contribution in [3.63, 3.8) is 0 Å². The second-order valence-corrected chi connectivity index (χ2v) is 7.21. The first-order valence-corrected chi connectivity index (χ1v) is 9.07. The lowest BCUT2D eigenvalue weighted by atomic mass is 10.1. The summed E-state index contributed by atoms with van der Waals surface area (Å²) >= 11 is 0. The van der Waals surface area contributed by atoms with Gasteiger partial charge in [0.15, 0.2) is 5.65 Å². The van der Waals surface area contributed by atoms with E-state index in [9.17, 15) is 14.7 Å². The van der Waals surface area contributed by atoms with Gasteiger partial charge in [-0.25, -0.2) is 0 Å². The number of nitrogens with zero attached hydrogens (tertiary/aromatic N) is 5. The third kappa shape index (κ3) is 3.01. The van der Waals surface area contributed by atoms with Gasteiger partial charge in [0, 0.05) is 30.3 Å². The van der Waals surface area contributed by atoms with Crippen LogP contribution in [0.2, 0.25) is 0 Å². The molecule has 2 aliphatic heterocycles. The molecule has 2 saturated heterocycles. The fraction of sp³-hybridized carbons (Fsp3) is 0.471. The van der Waals surface area contributed by atoms with Crippen LogP contribution in [-0.4, -0.2) is 61.7 Å². The predicted octanol–water partition coefficient (Wildman–Crippen LogP) is -0.300. The molecule has 0 aromatic carbocycles. The molecule has 0 unspecified atom stereocenters. The summed E-state index contributed by atoms with van der Waals surface area (Å²) in [6.07, 6.45) is 5.79. The van der Waals surface area contributed by atoms with E-state index in [-0.39, 0.29) is 24.3 Å². The highest BCUT2D eigenvalue weighted by Crippen LogP contribution is 2.27. The van der Waals surface area contributed by atoms with E-state index < -0.39 is 0 Å². The molecule has 2 amide bonds. The molecule has 0 spiro atoms. The third-order valence-electron chi connectivity index (χ3n) is 4.97. The summed E-state index contributed by atoms with van der Waals surface area (Å²) in [5, 5.41) is 19.9. The van der Waals surface area contributed by atoms with Gasteiger partial charge in [0.25, 0.3) is 5.91 Å². The van der Waals surface area contributed by atoms with Gasteiger partial charge in [0.1, 0.15) is 0 Å². The number of imide groups is 1. The Morgan fingerprint density at radius 2 is 2.11 bits per heavy atom. The van der Waals surface area contributed by atoms with E-state index in [0.29, 0.717) is 54.2 Å². The Labute approximate surface area is 154 Å². The fourth-order valence-corrected chi connectivity index (χ4v) is 3.36. The SMILES string of the molecule is O=C1C/C(=C\c2cnn3c(NC4CC4)nc(N4CC[C@H](O)C4)nc23)C(=O)N1. The maximum Gasteiger partial charge on any atom is 0.254 e. The molecule has 0 radical (unpaired) electrons. The minimum atomic E-state index is -0.385. The second kappa shape index (κ2) is 6.02. The first-order valence-electron chi connectivity index (χ1n) is 9.07. The van der Waals surface area contributed by atoms with Crippen molar-refractivity contribution in [2.45, 2.75) is 37.8 Å². The number of fused-ring (bicyclic) bond motifs is 1. The molecule has 1 aliphatic carbocycles. The third-order valence-corrected chi connectivity index (χ3v) is 4.97. The van der Waals surface area contributed by atoms with E-state index in [1.165, 1.54) is 0 Å². The fourth-order valence-electron chi connectivity index (χ4n) is 3.36. The summed E-state index contributed by atoms with van der Waals surface area (Å²) in [6.45, 7) is 1.17. The van der Waals surface area contributed by atoms with Crippen LogP contribution < -0.4 is 15.5 Å². The number of hydrogen-bond acceptors (Lipinski definition) is 8. The quantitative estimate of drug-likeness (QED) is 0.496. The Morgan fingerprint density at radius 3 is 2.78 bits per heavy atom. The monoisotopic (exact) mass is 369 g/mol. The number of nitrogens with one attached hydrogen (secondary N) is 2. The van der Waals surface area contributed by atoms with Crippen molar-refractivity contribution in [3.05, 3.63) is 17.3 Å². The van der Waals surface area contributed by atoms with Crippen molar-refractivity contribution in [2.75, 3.05) is 23.3 Å². The molecule has 3 fully saturated rings. The minimum Gasteiger partial charge on any atom is -0.391 e. The largest absolute Gasteiger partial charge is 0.391 e. The molecule has 2 aromatic heterocycles. The molecule has 1 atom stereocenters. The number of aromatic nitrogens is 4. The molecule has 10 heteroatoms. The Hall–Kier alpha value is -3.01. The molecule has 0 bridgehead atoms. The molecule has 140 valence electrons. The van der Waals surface area contributed by atoms with Crippen molar-refractivity contribution in [1.82, 2.24) is 24.9 Å². The lowest BCUT2D eigenvalue weighted by Gasteiger charge is -2.17. The minimum absolute atomic E-state index is 0.0552. The van der Waals surface area contributed by atoms with Gasteiger partial charge in [-0.05, 0) is 25.3 Å². The van der Waals surface area contributed by atoms with Crippen LogP contribution in [0.25, 0.3) is 11.7 Å². The van der Waals surface area contributed by atoms with Crippen LogP contribution in [0.5, 0.6) is 0 Å². The molecule has 3 N–H and O–H groups in total. The highest BCUT2D eigenvalue weighted by Gasteiger charge is 2.28. The molecule has 10 nitrogen and oxygen atoms in total. The number of carbonyl (C=O) groups excluding carboxylic acids is 2. The predicted molar refractivity (Wildman–Crippen MR) is 96.0 cm³/mol. The smallest absolute Gasteiger partial charge is 0.254 e. The number of carbonyl (C=O) groups is 2. The Morgan fingerprint density at radius 1 is 1.26 bits per heavy atom. The van der Waals surface area contributed by atoms with Gasteiger partial charge < -0.3 is 15.3 Å². The number of hydrogen-bond donors (Lipinski definition) is 3. The maximum atomic E-state index is 11.9.